The second-order valence-corrected chi connectivity index (χ2v) is 5.36. The van der Waals surface area contributed by atoms with Crippen molar-refractivity contribution in [2.24, 2.45) is 0 Å². The molecule has 0 saturated heterocycles. The van der Waals surface area contributed by atoms with Gasteiger partial charge >= 0.3 is 0 Å². The predicted octanol–water partition coefficient (Wildman–Crippen LogP) is -3.11. The zero-order chi connectivity index (χ0) is 19.5. The zero-order valence-electron chi connectivity index (χ0n) is 13.4. The molecule has 4 atom stereocenters. The van der Waals surface area contributed by atoms with Crippen molar-refractivity contribution in [3.8, 4) is 12.3 Å². The molecule has 0 aromatic rings. The Labute approximate surface area is 137 Å². The Morgan fingerprint density at radius 3 is 1.71 bits per heavy atom. The Morgan fingerprint density at radius 1 is 1.00 bits per heavy atom. The third-order valence-electron chi connectivity index (χ3n) is 3.95. The van der Waals surface area contributed by atoms with Crippen molar-refractivity contribution in [3.63, 3.8) is 0 Å². The van der Waals surface area contributed by atoms with Crippen LogP contribution in [0.25, 0.3) is 0 Å². The summed E-state index contributed by atoms with van der Waals surface area (Å²) in [5, 5.41) is 50.6. The fourth-order valence-corrected chi connectivity index (χ4v) is 2.54. The van der Waals surface area contributed by atoms with Gasteiger partial charge in [0.2, 0.25) is 11.2 Å². The topological polar surface area (TPSA) is 169 Å². The molecule has 0 bridgehead atoms. The number of Topliss-reactive ketones (excluding diaryl/α,β-unsaturated/α-hetero) is 4. The fourth-order valence-electron chi connectivity index (χ4n) is 2.54. The highest BCUT2D eigenvalue weighted by Crippen LogP contribution is 2.39. The van der Waals surface area contributed by atoms with E-state index in [1.54, 1.807) is 5.92 Å². The smallest absolute Gasteiger partial charge is 0.221 e. The number of hydrogen-bond acceptors (Lipinski definition) is 9. The maximum Gasteiger partial charge on any atom is 0.221 e. The van der Waals surface area contributed by atoms with E-state index >= 15 is 0 Å². The lowest BCUT2D eigenvalue weighted by Gasteiger charge is -2.48. The number of hydrogen-bond donors (Lipinski definition) is 5. The Bertz CT molecular complexity index is 605. The van der Waals surface area contributed by atoms with Gasteiger partial charge in [0.15, 0.2) is 28.7 Å². The van der Waals surface area contributed by atoms with Crippen molar-refractivity contribution in [2.45, 2.75) is 50.1 Å². The highest BCUT2D eigenvalue weighted by molar-refractivity contribution is 6.18. The molecule has 0 aliphatic heterocycles. The molecule has 9 heteroatoms. The van der Waals surface area contributed by atoms with Crippen LogP contribution in [-0.4, -0.2) is 78.2 Å². The van der Waals surface area contributed by atoms with Crippen LogP contribution in [0, 0.1) is 12.3 Å². The van der Waals surface area contributed by atoms with Gasteiger partial charge in [0.25, 0.3) is 0 Å². The minimum Gasteiger partial charge on any atom is -0.394 e. The average Bonchev–Trinajstić information content (AvgIpc) is 2.50. The summed E-state index contributed by atoms with van der Waals surface area (Å²) in [7, 11) is 0. The van der Waals surface area contributed by atoms with Crippen LogP contribution in [-0.2, 0) is 19.2 Å². The van der Waals surface area contributed by atoms with Gasteiger partial charge in [0, 0.05) is 0 Å². The van der Waals surface area contributed by atoms with E-state index in [2.05, 4.69) is 0 Å². The first-order valence-corrected chi connectivity index (χ1v) is 6.75. The maximum atomic E-state index is 12.1. The van der Waals surface area contributed by atoms with Crippen LogP contribution in [0.5, 0.6) is 0 Å². The summed E-state index contributed by atoms with van der Waals surface area (Å²) < 4.78 is 0. The van der Waals surface area contributed by atoms with E-state index in [-0.39, 0.29) is 0 Å². The molecular weight excluding hydrogens is 324 g/mol. The SMILES string of the molecule is C#CCC(=O)[C@@](O)(C(C)=O)[C@](O)(C(C)=O)[C@@](O)(C(C)=O)[C@H](O)CO. The van der Waals surface area contributed by atoms with Crippen molar-refractivity contribution in [3.05, 3.63) is 0 Å². The molecule has 0 fully saturated rings. The highest BCUT2D eigenvalue weighted by atomic mass is 16.4. The molecule has 0 amide bonds. The summed E-state index contributed by atoms with van der Waals surface area (Å²) in [6, 6.07) is 0. The Kier molecular flexibility index (Phi) is 6.70. The van der Waals surface area contributed by atoms with E-state index in [1.165, 1.54) is 0 Å². The number of aliphatic hydroxyl groups excluding tert-OH is 2. The summed E-state index contributed by atoms with van der Waals surface area (Å²) >= 11 is 0. The quantitative estimate of drug-likeness (QED) is 0.215. The van der Waals surface area contributed by atoms with Crippen LogP contribution in [0.15, 0.2) is 0 Å². The summed E-state index contributed by atoms with van der Waals surface area (Å²) in [6.07, 6.45) is 1.51. The van der Waals surface area contributed by atoms with Gasteiger partial charge < -0.3 is 25.5 Å². The summed E-state index contributed by atoms with van der Waals surface area (Å²) in [6.45, 7) is 0.491. The van der Waals surface area contributed by atoms with E-state index in [4.69, 9.17) is 11.5 Å². The number of rotatable bonds is 9. The van der Waals surface area contributed by atoms with E-state index in [0.717, 1.165) is 0 Å². The van der Waals surface area contributed by atoms with Crippen molar-refractivity contribution in [1.82, 2.24) is 0 Å². The first kappa shape index (κ1) is 22.0. The molecule has 0 aliphatic rings. The molecule has 5 N–H and O–H groups in total. The second-order valence-electron chi connectivity index (χ2n) is 5.36. The minimum atomic E-state index is -3.78. The Hall–Kier alpha value is -1.96. The first-order chi connectivity index (χ1) is 10.8. The van der Waals surface area contributed by atoms with Crippen molar-refractivity contribution >= 4 is 23.1 Å². The van der Waals surface area contributed by atoms with Gasteiger partial charge in [-0.3, -0.25) is 19.2 Å². The molecule has 0 heterocycles. The molecule has 0 aromatic heterocycles. The van der Waals surface area contributed by atoms with Gasteiger partial charge in [-0.15, -0.1) is 6.42 Å². The van der Waals surface area contributed by atoms with Crippen LogP contribution in [0.4, 0.5) is 0 Å². The van der Waals surface area contributed by atoms with Gasteiger partial charge in [0.1, 0.15) is 6.10 Å². The lowest BCUT2D eigenvalue weighted by molar-refractivity contribution is -0.246. The van der Waals surface area contributed by atoms with Gasteiger partial charge in [-0.25, -0.2) is 0 Å². The van der Waals surface area contributed by atoms with E-state index in [0.29, 0.717) is 20.8 Å². The normalized spacial score (nSPS) is 19.8. The Balaban J connectivity index is 6.99. The molecule has 0 saturated carbocycles. The second kappa shape index (κ2) is 7.29. The van der Waals surface area contributed by atoms with Crippen LogP contribution >= 0.6 is 0 Å². The third kappa shape index (κ3) is 2.79. The number of carbonyl (C=O) groups is 4. The molecule has 0 radical (unpaired) electrons. The van der Waals surface area contributed by atoms with E-state index in [9.17, 15) is 39.6 Å². The summed E-state index contributed by atoms with van der Waals surface area (Å²) in [5.74, 6) is -4.29. The number of ketones is 4. The molecule has 134 valence electrons. The molecule has 0 aliphatic carbocycles. The van der Waals surface area contributed by atoms with Gasteiger partial charge in [-0.2, -0.15) is 0 Å². The lowest BCUT2D eigenvalue weighted by atomic mass is 9.61. The standard InChI is InChI=1S/C15H20O9/c1-5-6-11(20)13(22,8(2)17)15(24,10(4)19)14(23,9(3)18)12(21)7-16/h1,12,16,21-24H,6-7H2,2-4H3/t12-,13+,14-,15-/m1/s1. The number of carbonyl (C=O) groups excluding carboxylic acids is 4. The molecule has 0 aromatic carbocycles. The largest absolute Gasteiger partial charge is 0.394 e. The number of aliphatic hydroxyl groups is 5. The minimum absolute atomic E-state index is 0.578. The maximum absolute atomic E-state index is 12.1. The van der Waals surface area contributed by atoms with Crippen LogP contribution < -0.4 is 0 Å². The summed E-state index contributed by atoms with van der Waals surface area (Å²) in [5.41, 5.74) is -11.0. The van der Waals surface area contributed by atoms with Crippen molar-refractivity contribution in [1.29, 1.82) is 0 Å². The van der Waals surface area contributed by atoms with E-state index in [1.807, 2.05) is 0 Å². The monoisotopic (exact) mass is 344 g/mol. The van der Waals surface area contributed by atoms with Crippen LogP contribution in [0.3, 0.4) is 0 Å². The summed E-state index contributed by atoms with van der Waals surface area (Å²) in [4.78, 5) is 47.9. The van der Waals surface area contributed by atoms with E-state index < -0.39 is 59.1 Å². The predicted molar refractivity (Wildman–Crippen MR) is 78.4 cm³/mol. The molecule has 0 spiro atoms. The molecule has 9 nitrogen and oxygen atoms in total. The van der Waals surface area contributed by atoms with Crippen LogP contribution in [0.1, 0.15) is 27.2 Å². The highest BCUT2D eigenvalue weighted by Gasteiger charge is 2.73. The molecule has 0 rings (SSSR count). The van der Waals surface area contributed by atoms with Crippen molar-refractivity contribution in [2.75, 3.05) is 6.61 Å². The number of terminal acetylenes is 1. The first-order valence-electron chi connectivity index (χ1n) is 6.75. The zero-order valence-corrected chi connectivity index (χ0v) is 13.4. The Morgan fingerprint density at radius 2 is 1.46 bits per heavy atom. The van der Waals surface area contributed by atoms with Gasteiger partial charge in [0.05, 0.1) is 13.0 Å². The fraction of sp³-hybridized carbons (Fsp3) is 0.600. The van der Waals surface area contributed by atoms with Crippen LogP contribution in [0.2, 0.25) is 0 Å². The van der Waals surface area contributed by atoms with Crippen molar-refractivity contribution < 1.29 is 44.7 Å². The van der Waals surface area contributed by atoms with Gasteiger partial charge in [-0.1, -0.05) is 5.92 Å². The molecular formula is C15H20O9. The molecule has 24 heavy (non-hydrogen) atoms. The molecule has 0 unspecified atom stereocenters. The third-order valence-corrected chi connectivity index (χ3v) is 3.95. The van der Waals surface area contributed by atoms with Gasteiger partial charge in [-0.05, 0) is 20.8 Å². The lowest BCUT2D eigenvalue weighted by Crippen LogP contribution is -2.81. The average molecular weight is 344 g/mol.